The molecule has 136 valence electrons. The van der Waals surface area contributed by atoms with Crippen LogP contribution in [-0.2, 0) is 29.5 Å². The van der Waals surface area contributed by atoms with Gasteiger partial charge in [0.1, 0.15) is 11.5 Å². The fourth-order valence-corrected chi connectivity index (χ4v) is 3.05. The van der Waals surface area contributed by atoms with Gasteiger partial charge in [0.05, 0.1) is 11.2 Å². The molecular formula is C18H17NO6S. The number of rotatable bonds is 6. The van der Waals surface area contributed by atoms with Crippen LogP contribution in [0, 0.1) is 0 Å². The summed E-state index contributed by atoms with van der Waals surface area (Å²) in [5.74, 6) is -2.38. The van der Waals surface area contributed by atoms with Crippen LogP contribution in [0.3, 0.4) is 0 Å². The average molecular weight is 378 g/mol. The number of benzene rings is 2. The third kappa shape index (κ3) is 3.80. The maximum absolute atomic E-state index is 12.7. The molecule has 1 aliphatic heterocycles. The van der Waals surface area contributed by atoms with Gasteiger partial charge in [-0.2, -0.15) is 8.42 Å². The van der Waals surface area contributed by atoms with E-state index in [9.17, 15) is 13.2 Å². The molecular weight excluding hydrogens is 358 g/mol. The third-order valence-electron chi connectivity index (χ3n) is 3.41. The third-order valence-corrected chi connectivity index (χ3v) is 4.28. The zero-order valence-corrected chi connectivity index (χ0v) is 14.4. The zero-order valence-electron chi connectivity index (χ0n) is 16.6. The molecule has 1 unspecified atom stereocenters. The number of methoxy groups -OCH3 is 1. The molecule has 2 aromatic rings. The number of hydrogen-bond acceptors (Lipinski definition) is 7. The van der Waals surface area contributed by atoms with Crippen molar-refractivity contribution in [2.75, 3.05) is 7.11 Å². The molecule has 0 saturated heterocycles. The van der Waals surface area contributed by atoms with E-state index in [1.54, 1.807) is 6.07 Å². The molecule has 0 spiro atoms. The van der Waals surface area contributed by atoms with Crippen LogP contribution in [0.25, 0.3) is 0 Å². The second-order valence-corrected chi connectivity index (χ2v) is 6.47. The van der Waals surface area contributed by atoms with Crippen LogP contribution in [0.4, 0.5) is 0 Å². The fraction of sp³-hybridized carbons (Fsp3) is 0.167. The van der Waals surface area contributed by atoms with E-state index in [0.29, 0.717) is 5.75 Å². The van der Waals surface area contributed by atoms with Gasteiger partial charge in [0.2, 0.25) is 17.4 Å². The van der Waals surface area contributed by atoms with Gasteiger partial charge >= 0.3 is 10.1 Å². The molecule has 0 saturated carbocycles. The molecule has 0 aliphatic carbocycles. The normalized spacial score (nSPS) is 22.2. The van der Waals surface area contributed by atoms with Crippen molar-refractivity contribution in [2.45, 2.75) is 11.8 Å². The summed E-state index contributed by atoms with van der Waals surface area (Å²) < 4.78 is 64.2. The molecule has 0 amide bonds. The molecule has 0 fully saturated rings. The van der Waals surface area contributed by atoms with Gasteiger partial charge in [-0.3, -0.25) is 4.79 Å². The fourth-order valence-electron chi connectivity index (χ4n) is 2.21. The second kappa shape index (κ2) is 7.09. The van der Waals surface area contributed by atoms with E-state index in [4.69, 9.17) is 23.5 Å². The van der Waals surface area contributed by atoms with E-state index < -0.39 is 39.3 Å². The maximum atomic E-state index is 12.7. The largest absolute Gasteiger partial charge is 0.497 e. The lowest BCUT2D eigenvalue weighted by Crippen LogP contribution is -2.16. The predicted octanol–water partition coefficient (Wildman–Crippen LogP) is 2.01. The Morgan fingerprint density at radius 1 is 1.19 bits per heavy atom. The Morgan fingerprint density at radius 3 is 2.46 bits per heavy atom. The molecule has 26 heavy (non-hydrogen) atoms. The van der Waals surface area contributed by atoms with Crippen LogP contribution in [0.1, 0.15) is 21.3 Å². The molecule has 0 bridgehead atoms. The van der Waals surface area contributed by atoms with E-state index in [1.165, 1.54) is 55.6 Å². The Balaban J connectivity index is 1.91. The number of nitrogens with two attached hydrogens (primary N) is 1. The first kappa shape index (κ1) is 14.2. The Kier molecular flexibility index (Phi) is 3.87. The molecule has 8 heteroatoms. The Morgan fingerprint density at radius 2 is 1.85 bits per heavy atom. The number of carbonyl (C=O) groups is 1. The van der Waals surface area contributed by atoms with Crippen molar-refractivity contribution in [3.8, 4) is 5.75 Å². The van der Waals surface area contributed by atoms with Crippen molar-refractivity contribution < 1.29 is 31.0 Å². The Hall–Kier alpha value is -3.00. The zero-order chi connectivity index (χ0) is 21.4. The SMILES string of the molecule is [2H]C1(c2ccc(OC)cc2)OC(N)=C(OS(=O)(=O)C([2H])([2H])c2ccccc2)C1=O. The Bertz CT molecular complexity index is 1070. The van der Waals surface area contributed by atoms with Gasteiger partial charge in [0, 0.05) is 5.56 Å². The van der Waals surface area contributed by atoms with Gasteiger partial charge in [-0.1, -0.05) is 42.5 Å². The van der Waals surface area contributed by atoms with Crippen LogP contribution in [0.5, 0.6) is 5.75 Å². The highest BCUT2D eigenvalue weighted by Crippen LogP contribution is 2.33. The average Bonchev–Trinajstić information content (AvgIpc) is 2.92. The minimum atomic E-state index is -5.01. The number of ether oxygens (including phenoxy) is 2. The Labute approximate surface area is 155 Å². The minimum absolute atomic E-state index is 0.0633. The van der Waals surface area contributed by atoms with Crippen molar-refractivity contribution in [1.82, 2.24) is 0 Å². The first-order valence-electron chi connectivity index (χ1n) is 8.90. The summed E-state index contributed by atoms with van der Waals surface area (Å²) in [6, 6.07) is 12.8. The highest BCUT2D eigenvalue weighted by atomic mass is 32.2. The van der Waals surface area contributed by atoms with Gasteiger partial charge in [-0.25, -0.2) is 0 Å². The molecule has 2 aromatic carbocycles. The number of carbonyl (C=O) groups excluding carboxylic acids is 1. The summed E-state index contributed by atoms with van der Waals surface area (Å²) in [7, 11) is -3.57. The summed E-state index contributed by atoms with van der Waals surface area (Å²) in [5, 5.41) is 0. The van der Waals surface area contributed by atoms with Crippen LogP contribution in [0.2, 0.25) is 0 Å². The van der Waals surface area contributed by atoms with Crippen molar-refractivity contribution in [2.24, 2.45) is 5.73 Å². The minimum Gasteiger partial charge on any atom is -0.497 e. The number of ketones is 1. The molecule has 2 N–H and O–H groups in total. The van der Waals surface area contributed by atoms with E-state index in [-0.39, 0.29) is 11.1 Å². The topological polar surface area (TPSA) is 105 Å². The summed E-state index contributed by atoms with van der Waals surface area (Å²) in [6.45, 7) is 0. The highest BCUT2D eigenvalue weighted by molar-refractivity contribution is 7.86. The second-order valence-electron chi connectivity index (χ2n) is 5.19. The van der Waals surface area contributed by atoms with Gasteiger partial charge in [0.15, 0.2) is 6.08 Å². The predicted molar refractivity (Wildman–Crippen MR) is 93.2 cm³/mol. The van der Waals surface area contributed by atoms with Crippen molar-refractivity contribution >= 4 is 15.9 Å². The van der Waals surface area contributed by atoms with E-state index in [0.717, 1.165) is 0 Å². The summed E-state index contributed by atoms with van der Waals surface area (Å²) in [5.41, 5.74) is 2.50. The molecule has 1 heterocycles. The molecule has 1 aliphatic rings. The number of hydrogen-bond donors (Lipinski definition) is 1. The van der Waals surface area contributed by atoms with E-state index in [2.05, 4.69) is 0 Å². The molecule has 0 aromatic heterocycles. The summed E-state index contributed by atoms with van der Waals surface area (Å²) in [6.07, 6.45) is -2.37. The molecule has 0 radical (unpaired) electrons. The lowest BCUT2D eigenvalue weighted by molar-refractivity contribution is -0.123. The standard InChI is InChI=1S/C18H17NO6S/c1-23-14-9-7-13(8-10-14)16-15(20)17(18(19)24-16)25-26(21,22)11-12-5-3-2-4-6-12/h2-10,16H,11,19H2,1H3/i11D2,16D. The van der Waals surface area contributed by atoms with Crippen LogP contribution < -0.4 is 10.5 Å². The quantitative estimate of drug-likeness (QED) is 0.767. The van der Waals surface area contributed by atoms with Gasteiger partial charge < -0.3 is 19.4 Å². The van der Waals surface area contributed by atoms with Gasteiger partial charge in [0.25, 0.3) is 0 Å². The van der Waals surface area contributed by atoms with Crippen LogP contribution in [0.15, 0.2) is 66.2 Å². The summed E-state index contributed by atoms with van der Waals surface area (Å²) >= 11 is 0. The maximum Gasteiger partial charge on any atom is 0.313 e. The smallest absolute Gasteiger partial charge is 0.313 e. The molecule has 7 nitrogen and oxygen atoms in total. The van der Waals surface area contributed by atoms with Crippen molar-refractivity contribution in [1.29, 1.82) is 0 Å². The van der Waals surface area contributed by atoms with E-state index >= 15 is 0 Å². The summed E-state index contributed by atoms with van der Waals surface area (Å²) in [4.78, 5) is 12.7. The first-order chi connectivity index (χ1) is 13.5. The van der Waals surface area contributed by atoms with E-state index in [1.807, 2.05) is 0 Å². The van der Waals surface area contributed by atoms with Crippen molar-refractivity contribution in [3.63, 3.8) is 0 Å². The van der Waals surface area contributed by atoms with Crippen molar-refractivity contribution in [3.05, 3.63) is 77.4 Å². The first-order valence-corrected chi connectivity index (χ1v) is 8.81. The monoisotopic (exact) mass is 378 g/mol. The van der Waals surface area contributed by atoms with Crippen LogP contribution in [-0.4, -0.2) is 21.3 Å². The molecule has 3 rings (SSSR count). The lowest BCUT2D eigenvalue weighted by atomic mass is 10.1. The van der Waals surface area contributed by atoms with Gasteiger partial charge in [-0.05, 0) is 17.7 Å². The van der Waals surface area contributed by atoms with Crippen LogP contribution >= 0.6 is 0 Å². The lowest BCUT2D eigenvalue weighted by Gasteiger charge is -2.10. The highest BCUT2D eigenvalue weighted by Gasteiger charge is 2.39. The van der Waals surface area contributed by atoms with Gasteiger partial charge in [-0.15, -0.1) is 0 Å². The molecule has 1 atom stereocenters. The number of Topliss-reactive ketones (excluding diaryl/α,β-unsaturated/α-hetero) is 1.